The van der Waals surface area contributed by atoms with Gasteiger partial charge < -0.3 is 28.3 Å². The van der Waals surface area contributed by atoms with Crippen molar-refractivity contribution in [3.05, 3.63) is 148 Å². The van der Waals surface area contributed by atoms with E-state index in [1.165, 1.54) is 11.6 Å². The van der Waals surface area contributed by atoms with Crippen LogP contribution in [0.5, 0.6) is 23.0 Å². The van der Waals surface area contributed by atoms with Gasteiger partial charge in [0.1, 0.15) is 35.9 Å². The predicted molar refractivity (Wildman–Crippen MR) is 212 cm³/mol. The van der Waals surface area contributed by atoms with Crippen molar-refractivity contribution >= 4 is 16.7 Å². The number of anilines is 1. The summed E-state index contributed by atoms with van der Waals surface area (Å²) in [5, 5.41) is 0.300. The maximum absolute atomic E-state index is 13.8. The maximum Gasteiger partial charge on any atom is 0.205 e. The van der Waals surface area contributed by atoms with Gasteiger partial charge in [-0.05, 0) is 67.4 Å². The van der Waals surface area contributed by atoms with Crippen LogP contribution in [0.3, 0.4) is 0 Å². The summed E-state index contributed by atoms with van der Waals surface area (Å²) in [6.07, 6.45) is 2.15. The van der Waals surface area contributed by atoms with E-state index in [0.29, 0.717) is 35.0 Å². The topological polar surface area (TPSA) is 73.6 Å². The summed E-state index contributed by atoms with van der Waals surface area (Å²) < 4.78 is 30.4. The van der Waals surface area contributed by atoms with Gasteiger partial charge in [0.05, 0.1) is 14.2 Å². The lowest BCUT2D eigenvalue weighted by molar-refractivity contribution is 0.269. The van der Waals surface area contributed by atoms with Gasteiger partial charge in [0.15, 0.2) is 16.8 Å². The van der Waals surface area contributed by atoms with E-state index in [0.717, 1.165) is 67.1 Å². The Labute approximate surface area is 312 Å². The van der Waals surface area contributed by atoms with E-state index in [9.17, 15) is 4.79 Å². The molecule has 0 saturated carbocycles. The largest absolute Gasteiger partial charge is 0.496 e. The third-order valence-corrected chi connectivity index (χ3v) is 9.41. The number of rotatable bonds is 18. The van der Waals surface area contributed by atoms with Crippen LogP contribution in [0.4, 0.5) is 5.69 Å². The molecule has 53 heavy (non-hydrogen) atoms. The maximum atomic E-state index is 13.8. The summed E-state index contributed by atoms with van der Waals surface area (Å²) in [5.41, 5.74) is 5.09. The van der Waals surface area contributed by atoms with Gasteiger partial charge in [0.25, 0.3) is 0 Å². The van der Waals surface area contributed by atoms with Gasteiger partial charge in [-0.15, -0.1) is 0 Å². The lowest BCUT2D eigenvalue weighted by Gasteiger charge is -2.23. The zero-order chi connectivity index (χ0) is 37.0. The highest BCUT2D eigenvalue weighted by molar-refractivity contribution is 5.92. The first-order valence-corrected chi connectivity index (χ1v) is 18.2. The average molecular weight is 713 g/mol. The summed E-state index contributed by atoms with van der Waals surface area (Å²) in [7, 11) is 5.38. The molecule has 0 saturated heterocycles. The first kappa shape index (κ1) is 37.0. The second-order valence-electron chi connectivity index (χ2n) is 13.0. The molecule has 0 bridgehead atoms. The fourth-order valence-corrected chi connectivity index (χ4v) is 6.40. The molecule has 8 heteroatoms. The minimum absolute atomic E-state index is 0.231. The molecule has 0 unspecified atom stereocenters. The predicted octanol–water partition coefficient (Wildman–Crippen LogP) is 9.37. The number of ether oxygens (including phenoxy) is 4. The second-order valence-corrected chi connectivity index (χ2v) is 13.0. The molecule has 5 aromatic carbocycles. The summed E-state index contributed by atoms with van der Waals surface area (Å²) in [4.78, 5) is 18.5. The minimum Gasteiger partial charge on any atom is -0.496 e. The van der Waals surface area contributed by atoms with Gasteiger partial charge in [-0.3, -0.25) is 9.69 Å². The Hall–Kier alpha value is -5.73. The molecule has 8 nitrogen and oxygen atoms in total. The van der Waals surface area contributed by atoms with Gasteiger partial charge >= 0.3 is 0 Å². The third-order valence-electron chi connectivity index (χ3n) is 9.41. The van der Waals surface area contributed by atoms with Gasteiger partial charge in [-0.25, -0.2) is 0 Å². The Balaban J connectivity index is 1.18. The fourth-order valence-electron chi connectivity index (χ4n) is 6.40. The van der Waals surface area contributed by atoms with E-state index < -0.39 is 0 Å². The van der Waals surface area contributed by atoms with Crippen LogP contribution in [0.1, 0.15) is 36.5 Å². The molecular weight excluding hydrogens is 665 g/mol. The minimum atomic E-state index is -0.231. The first-order chi connectivity index (χ1) is 26.0. The average Bonchev–Trinajstić information content (AvgIpc) is 3.20. The second kappa shape index (κ2) is 18.2. The molecule has 6 rings (SSSR count). The quantitative estimate of drug-likeness (QED) is 0.0817. The van der Waals surface area contributed by atoms with Crippen LogP contribution in [0, 0.1) is 0 Å². The van der Waals surface area contributed by atoms with Crippen LogP contribution in [0.15, 0.2) is 131 Å². The van der Waals surface area contributed by atoms with Crippen molar-refractivity contribution in [2.75, 3.05) is 45.8 Å². The molecule has 0 fully saturated rings. The number of hydrogen-bond donors (Lipinski definition) is 0. The molecule has 0 amide bonds. The highest BCUT2D eigenvalue weighted by Crippen LogP contribution is 2.42. The monoisotopic (exact) mass is 712 g/mol. The summed E-state index contributed by atoms with van der Waals surface area (Å²) in [6.45, 7) is 6.58. The van der Waals surface area contributed by atoms with Crippen LogP contribution in [0.2, 0.25) is 0 Å². The van der Waals surface area contributed by atoms with E-state index in [1.807, 2.05) is 84.9 Å². The molecule has 0 aliphatic rings. The fraction of sp³-hybridized carbons (Fsp3) is 0.267. The number of fused-ring (bicyclic) bond motifs is 1. The lowest BCUT2D eigenvalue weighted by Crippen LogP contribution is -2.25. The van der Waals surface area contributed by atoms with Gasteiger partial charge in [-0.2, -0.15) is 0 Å². The Morgan fingerprint density at radius 3 is 1.92 bits per heavy atom. The molecule has 1 aromatic heterocycles. The summed E-state index contributed by atoms with van der Waals surface area (Å²) >= 11 is 0. The number of para-hydroxylation sites is 1. The van der Waals surface area contributed by atoms with E-state index in [-0.39, 0.29) is 17.6 Å². The van der Waals surface area contributed by atoms with Crippen molar-refractivity contribution in [2.24, 2.45) is 0 Å². The smallest absolute Gasteiger partial charge is 0.205 e. The zero-order valence-electron chi connectivity index (χ0n) is 31.0. The van der Waals surface area contributed by atoms with Crippen LogP contribution in [-0.4, -0.2) is 45.8 Å². The van der Waals surface area contributed by atoms with Crippen molar-refractivity contribution < 1.29 is 23.4 Å². The Morgan fingerprint density at radius 1 is 0.660 bits per heavy atom. The van der Waals surface area contributed by atoms with Gasteiger partial charge in [0, 0.05) is 49.1 Å². The molecule has 0 atom stereocenters. The number of nitrogens with zero attached hydrogens (tertiary/aromatic N) is 2. The Morgan fingerprint density at radius 2 is 1.28 bits per heavy atom. The molecule has 274 valence electrons. The normalized spacial score (nSPS) is 11.1. The van der Waals surface area contributed by atoms with E-state index >= 15 is 0 Å². The zero-order valence-corrected chi connectivity index (χ0v) is 31.0. The Bertz CT molecular complexity index is 2120. The van der Waals surface area contributed by atoms with E-state index in [4.69, 9.17) is 23.4 Å². The van der Waals surface area contributed by atoms with Crippen LogP contribution < -0.4 is 29.3 Å². The summed E-state index contributed by atoms with van der Waals surface area (Å²) in [5.74, 6) is 2.49. The standard InChI is InChI=1S/C45H48N2O6/c1-5-47(30-36-20-12-13-21-39(36)49-3)27-15-14-26-46(2)37-24-22-35(23-25-37)40-28-38(48)43-41(51-31-33-16-8-6-9-17-33)29-42(44(50-4)45(43)53-40)52-32-34-18-10-7-11-19-34/h6-13,16-25,28-29H,5,14-15,26-27,30-32H2,1-4H3. The highest BCUT2D eigenvalue weighted by Gasteiger charge is 2.22. The third kappa shape index (κ3) is 9.39. The summed E-state index contributed by atoms with van der Waals surface area (Å²) in [6, 6.07) is 39.2. The number of hydrogen-bond acceptors (Lipinski definition) is 8. The molecule has 0 N–H and O–H groups in total. The number of benzene rings is 5. The molecule has 0 radical (unpaired) electrons. The first-order valence-electron chi connectivity index (χ1n) is 18.2. The van der Waals surface area contributed by atoms with Crippen LogP contribution in [-0.2, 0) is 19.8 Å². The van der Waals surface area contributed by atoms with Crippen molar-refractivity contribution in [1.29, 1.82) is 0 Å². The molecule has 0 aliphatic carbocycles. The molecular formula is C45H48N2O6. The molecule has 1 heterocycles. The van der Waals surface area contributed by atoms with Crippen molar-refractivity contribution in [1.82, 2.24) is 4.90 Å². The molecule has 0 spiro atoms. The van der Waals surface area contributed by atoms with E-state index in [1.54, 1.807) is 20.3 Å². The van der Waals surface area contributed by atoms with Gasteiger partial charge in [0.2, 0.25) is 5.75 Å². The number of unbranched alkanes of at least 4 members (excludes halogenated alkanes) is 1. The highest BCUT2D eigenvalue weighted by atomic mass is 16.5. The van der Waals surface area contributed by atoms with Crippen molar-refractivity contribution in [3.8, 4) is 34.3 Å². The van der Waals surface area contributed by atoms with Gasteiger partial charge in [-0.1, -0.05) is 85.8 Å². The van der Waals surface area contributed by atoms with Crippen molar-refractivity contribution in [2.45, 2.75) is 39.5 Å². The number of methoxy groups -OCH3 is 2. The van der Waals surface area contributed by atoms with E-state index in [2.05, 4.69) is 48.0 Å². The molecule has 0 aliphatic heterocycles. The van der Waals surface area contributed by atoms with Crippen LogP contribution >= 0.6 is 0 Å². The molecule has 6 aromatic rings. The Kier molecular flexibility index (Phi) is 12.7. The van der Waals surface area contributed by atoms with Crippen LogP contribution in [0.25, 0.3) is 22.3 Å². The van der Waals surface area contributed by atoms with Crippen molar-refractivity contribution in [3.63, 3.8) is 0 Å². The SMILES string of the molecule is CCN(CCCCN(C)c1ccc(-c2cc(=O)c3c(OCc4ccccc4)cc(OCc4ccccc4)c(OC)c3o2)cc1)Cc1ccccc1OC. The lowest BCUT2D eigenvalue weighted by atomic mass is 10.1.